The maximum Gasteiger partial charge on any atom is 0.0410 e. The van der Waals surface area contributed by atoms with Gasteiger partial charge in [0, 0.05) is 28.0 Å². The standard InChI is InChI=1S/C16H21BrN2S/c1-12(16-7-4-10-20-16)19(2)9-8-15(18)13-5-3-6-14(17)11-13/h3-7,10-12,15H,8-9,18H2,1-2H3. The second-order valence-electron chi connectivity index (χ2n) is 5.12. The predicted octanol–water partition coefficient (Wildman–Crippen LogP) is 4.59. The Balaban J connectivity index is 1.88. The number of thiophene rings is 1. The predicted molar refractivity (Wildman–Crippen MR) is 91.1 cm³/mol. The molecule has 0 aliphatic rings. The average molecular weight is 353 g/mol. The molecule has 0 spiro atoms. The summed E-state index contributed by atoms with van der Waals surface area (Å²) in [4.78, 5) is 3.77. The Kier molecular flexibility index (Phi) is 5.78. The Morgan fingerprint density at radius 1 is 1.30 bits per heavy atom. The molecule has 0 fully saturated rings. The third kappa shape index (κ3) is 4.16. The monoisotopic (exact) mass is 352 g/mol. The van der Waals surface area contributed by atoms with Crippen LogP contribution in [0.15, 0.2) is 46.3 Å². The molecule has 0 saturated carbocycles. The number of nitrogens with two attached hydrogens (primary N) is 1. The van der Waals surface area contributed by atoms with E-state index < -0.39 is 0 Å². The summed E-state index contributed by atoms with van der Waals surface area (Å²) < 4.78 is 1.09. The van der Waals surface area contributed by atoms with E-state index in [9.17, 15) is 0 Å². The first-order valence-electron chi connectivity index (χ1n) is 6.82. The lowest BCUT2D eigenvalue weighted by molar-refractivity contribution is 0.254. The minimum Gasteiger partial charge on any atom is -0.324 e. The molecule has 2 rings (SSSR count). The number of hydrogen-bond donors (Lipinski definition) is 1. The van der Waals surface area contributed by atoms with Gasteiger partial charge >= 0.3 is 0 Å². The maximum atomic E-state index is 6.29. The van der Waals surface area contributed by atoms with Gasteiger partial charge < -0.3 is 5.73 Å². The van der Waals surface area contributed by atoms with Crippen molar-refractivity contribution in [2.75, 3.05) is 13.6 Å². The van der Waals surface area contributed by atoms with Crippen molar-refractivity contribution < 1.29 is 0 Å². The number of rotatable bonds is 6. The molecule has 2 aromatic rings. The van der Waals surface area contributed by atoms with Gasteiger partial charge in [-0.05, 0) is 49.5 Å². The van der Waals surface area contributed by atoms with Crippen LogP contribution < -0.4 is 5.73 Å². The maximum absolute atomic E-state index is 6.29. The molecule has 0 aliphatic carbocycles. The van der Waals surface area contributed by atoms with Crippen LogP contribution in [0.1, 0.15) is 35.9 Å². The zero-order valence-electron chi connectivity index (χ0n) is 11.9. The van der Waals surface area contributed by atoms with Crippen LogP contribution in [0.3, 0.4) is 0 Å². The molecule has 108 valence electrons. The van der Waals surface area contributed by atoms with Gasteiger partial charge in [-0.3, -0.25) is 4.90 Å². The van der Waals surface area contributed by atoms with Gasteiger partial charge in [-0.15, -0.1) is 11.3 Å². The van der Waals surface area contributed by atoms with Crippen LogP contribution in [0.4, 0.5) is 0 Å². The fourth-order valence-electron chi connectivity index (χ4n) is 2.19. The second kappa shape index (κ2) is 7.36. The molecule has 0 bridgehead atoms. The van der Waals surface area contributed by atoms with E-state index in [1.165, 1.54) is 10.4 Å². The number of hydrogen-bond acceptors (Lipinski definition) is 3. The first kappa shape index (κ1) is 15.7. The van der Waals surface area contributed by atoms with E-state index in [0.717, 1.165) is 17.4 Å². The van der Waals surface area contributed by atoms with E-state index in [1.54, 1.807) is 0 Å². The molecular formula is C16H21BrN2S. The summed E-state index contributed by atoms with van der Waals surface area (Å²) in [5.41, 5.74) is 7.48. The summed E-state index contributed by atoms with van der Waals surface area (Å²) in [5.74, 6) is 0. The summed E-state index contributed by atoms with van der Waals surface area (Å²) in [6, 6.07) is 13.1. The molecule has 1 heterocycles. The Bertz CT molecular complexity index is 527. The lowest BCUT2D eigenvalue weighted by Crippen LogP contribution is -2.26. The zero-order chi connectivity index (χ0) is 14.5. The van der Waals surface area contributed by atoms with E-state index in [4.69, 9.17) is 5.73 Å². The van der Waals surface area contributed by atoms with Crippen molar-refractivity contribution >= 4 is 27.3 Å². The molecule has 0 saturated heterocycles. The Morgan fingerprint density at radius 2 is 2.10 bits per heavy atom. The van der Waals surface area contributed by atoms with Gasteiger partial charge in [-0.1, -0.05) is 34.1 Å². The van der Waals surface area contributed by atoms with Gasteiger partial charge in [-0.2, -0.15) is 0 Å². The average Bonchev–Trinajstić information content (AvgIpc) is 2.97. The third-order valence-electron chi connectivity index (χ3n) is 3.69. The Hall–Kier alpha value is -0.680. The molecule has 2 nitrogen and oxygen atoms in total. The first-order chi connectivity index (χ1) is 9.58. The normalized spacial score (nSPS) is 14.4. The van der Waals surface area contributed by atoms with Crippen molar-refractivity contribution in [2.45, 2.75) is 25.4 Å². The molecule has 2 N–H and O–H groups in total. The number of nitrogens with zero attached hydrogens (tertiary/aromatic N) is 1. The van der Waals surface area contributed by atoms with Crippen LogP contribution >= 0.6 is 27.3 Å². The molecule has 2 atom stereocenters. The fraction of sp³-hybridized carbons (Fsp3) is 0.375. The van der Waals surface area contributed by atoms with Crippen LogP contribution in [0.5, 0.6) is 0 Å². The van der Waals surface area contributed by atoms with Gasteiger partial charge in [0.15, 0.2) is 0 Å². The van der Waals surface area contributed by atoms with Crippen LogP contribution in [0.25, 0.3) is 0 Å². The summed E-state index contributed by atoms with van der Waals surface area (Å²) in [7, 11) is 2.16. The highest BCUT2D eigenvalue weighted by Gasteiger charge is 2.14. The third-order valence-corrected chi connectivity index (χ3v) is 5.22. The van der Waals surface area contributed by atoms with Crippen LogP contribution in [0, 0.1) is 0 Å². The summed E-state index contributed by atoms with van der Waals surface area (Å²) >= 11 is 5.31. The van der Waals surface area contributed by atoms with E-state index in [2.05, 4.69) is 64.4 Å². The van der Waals surface area contributed by atoms with Gasteiger partial charge in [0.25, 0.3) is 0 Å². The van der Waals surface area contributed by atoms with Gasteiger partial charge in [0.2, 0.25) is 0 Å². The quantitative estimate of drug-likeness (QED) is 0.823. The van der Waals surface area contributed by atoms with E-state index >= 15 is 0 Å². The van der Waals surface area contributed by atoms with E-state index in [1.807, 2.05) is 23.5 Å². The Labute approximate surface area is 133 Å². The second-order valence-corrected chi connectivity index (χ2v) is 7.02. The Morgan fingerprint density at radius 3 is 2.75 bits per heavy atom. The highest BCUT2D eigenvalue weighted by atomic mass is 79.9. The fourth-order valence-corrected chi connectivity index (χ4v) is 3.45. The molecule has 4 heteroatoms. The van der Waals surface area contributed by atoms with Crippen molar-refractivity contribution in [1.82, 2.24) is 4.90 Å². The van der Waals surface area contributed by atoms with E-state index in [-0.39, 0.29) is 6.04 Å². The SMILES string of the molecule is CC(c1cccs1)N(C)CCC(N)c1cccc(Br)c1. The molecule has 20 heavy (non-hydrogen) atoms. The smallest absolute Gasteiger partial charge is 0.0410 e. The number of halogens is 1. The van der Waals surface area contributed by atoms with Crippen LogP contribution in [0.2, 0.25) is 0 Å². The molecule has 0 amide bonds. The molecule has 2 unspecified atom stereocenters. The molecule has 0 radical (unpaired) electrons. The zero-order valence-corrected chi connectivity index (χ0v) is 14.3. The van der Waals surface area contributed by atoms with Crippen molar-refractivity contribution in [1.29, 1.82) is 0 Å². The lowest BCUT2D eigenvalue weighted by Gasteiger charge is -2.25. The minimum atomic E-state index is 0.0884. The summed E-state index contributed by atoms with van der Waals surface area (Å²) in [5, 5.41) is 2.13. The largest absolute Gasteiger partial charge is 0.324 e. The van der Waals surface area contributed by atoms with Crippen molar-refractivity contribution in [2.24, 2.45) is 5.73 Å². The van der Waals surface area contributed by atoms with Crippen LogP contribution in [-0.2, 0) is 0 Å². The molecule has 0 aliphatic heterocycles. The molecule has 1 aromatic carbocycles. The first-order valence-corrected chi connectivity index (χ1v) is 8.50. The molecule has 1 aromatic heterocycles. The minimum absolute atomic E-state index is 0.0884. The van der Waals surface area contributed by atoms with Gasteiger partial charge in [-0.25, -0.2) is 0 Å². The molecular weight excluding hydrogens is 332 g/mol. The highest BCUT2D eigenvalue weighted by Crippen LogP contribution is 2.25. The number of benzene rings is 1. The van der Waals surface area contributed by atoms with E-state index in [0.29, 0.717) is 6.04 Å². The summed E-state index contributed by atoms with van der Waals surface area (Å²) in [6.45, 7) is 3.24. The van der Waals surface area contributed by atoms with Crippen molar-refractivity contribution in [3.05, 3.63) is 56.7 Å². The van der Waals surface area contributed by atoms with Crippen molar-refractivity contribution in [3.63, 3.8) is 0 Å². The summed E-state index contributed by atoms with van der Waals surface area (Å²) in [6.07, 6.45) is 0.961. The van der Waals surface area contributed by atoms with Gasteiger partial charge in [0.05, 0.1) is 0 Å². The lowest BCUT2D eigenvalue weighted by atomic mass is 10.0. The topological polar surface area (TPSA) is 29.3 Å². The highest BCUT2D eigenvalue weighted by molar-refractivity contribution is 9.10. The van der Waals surface area contributed by atoms with Crippen LogP contribution in [-0.4, -0.2) is 18.5 Å². The van der Waals surface area contributed by atoms with Crippen molar-refractivity contribution in [3.8, 4) is 0 Å². The van der Waals surface area contributed by atoms with Gasteiger partial charge in [0.1, 0.15) is 0 Å².